The molecule has 0 spiro atoms. The van der Waals surface area contributed by atoms with Crippen molar-refractivity contribution in [2.45, 2.75) is 38.1 Å². The number of nitrogens with zero attached hydrogens (tertiary/aromatic N) is 1. The number of carbonyl (C=O) groups excluding carboxylic acids is 1. The fraction of sp³-hybridized carbons (Fsp3) is 0.481. The predicted molar refractivity (Wildman–Crippen MR) is 140 cm³/mol. The lowest BCUT2D eigenvalue weighted by atomic mass is 9.54. The molecule has 1 saturated heterocycles. The van der Waals surface area contributed by atoms with Gasteiger partial charge in [0.25, 0.3) is 5.91 Å². The molecule has 4 bridgehead atoms. The van der Waals surface area contributed by atoms with Gasteiger partial charge in [-0.2, -0.15) is 0 Å². The van der Waals surface area contributed by atoms with Crippen LogP contribution in [0.4, 0.5) is 0 Å². The fourth-order valence-electron chi connectivity index (χ4n) is 6.99. The maximum absolute atomic E-state index is 13.5. The molecule has 35 heavy (non-hydrogen) atoms. The molecule has 8 heteroatoms. The van der Waals surface area contributed by atoms with Crippen molar-refractivity contribution < 1.29 is 23.4 Å². The lowest BCUT2D eigenvalue weighted by Crippen LogP contribution is -2.57. The van der Waals surface area contributed by atoms with Crippen molar-refractivity contribution in [3.05, 3.63) is 34.9 Å². The lowest BCUT2D eigenvalue weighted by Gasteiger charge is -2.56. The second-order valence-corrected chi connectivity index (χ2v) is 11.8. The maximum atomic E-state index is 13.5. The largest absolute Gasteiger partial charge is 0.493 e. The quantitative estimate of drug-likeness (QED) is 0.348. The molecule has 0 radical (unpaired) electrons. The van der Waals surface area contributed by atoms with Crippen LogP contribution in [0, 0.1) is 23.7 Å². The zero-order valence-electron chi connectivity index (χ0n) is 20.1. The Kier molecular flexibility index (Phi) is 5.84. The molecule has 4 saturated carbocycles. The SMILES string of the molecule is COc1cc(-c2ccc(/C=C3\SC(=S)N(C4C5CC6CC(C5)CC4C6)C3=O)o2)cc(OC)c1OC. The molecule has 1 amide bonds. The summed E-state index contributed by atoms with van der Waals surface area (Å²) < 4.78 is 23.1. The Morgan fingerprint density at radius 1 is 0.971 bits per heavy atom. The molecule has 7 rings (SSSR count). The van der Waals surface area contributed by atoms with Crippen LogP contribution in [0.3, 0.4) is 0 Å². The number of hydrogen-bond acceptors (Lipinski definition) is 7. The number of benzene rings is 1. The van der Waals surface area contributed by atoms with E-state index in [-0.39, 0.29) is 11.9 Å². The van der Waals surface area contributed by atoms with Crippen LogP contribution in [-0.2, 0) is 4.79 Å². The van der Waals surface area contributed by atoms with Crippen LogP contribution in [0.25, 0.3) is 17.4 Å². The Morgan fingerprint density at radius 3 is 2.17 bits per heavy atom. The number of rotatable bonds is 6. The number of carbonyl (C=O) groups is 1. The first-order valence-electron chi connectivity index (χ1n) is 12.2. The van der Waals surface area contributed by atoms with Gasteiger partial charge in [0.2, 0.25) is 5.75 Å². The van der Waals surface area contributed by atoms with E-state index in [1.807, 2.05) is 35.2 Å². The van der Waals surface area contributed by atoms with Gasteiger partial charge in [0.05, 0.1) is 26.2 Å². The molecule has 0 unspecified atom stereocenters. The molecule has 5 aliphatic rings. The molecule has 1 aromatic carbocycles. The van der Waals surface area contributed by atoms with E-state index in [9.17, 15) is 4.79 Å². The Morgan fingerprint density at radius 2 is 1.60 bits per heavy atom. The summed E-state index contributed by atoms with van der Waals surface area (Å²) in [5, 5.41) is 0. The Bertz CT molecular complexity index is 1160. The van der Waals surface area contributed by atoms with Crippen molar-refractivity contribution in [1.29, 1.82) is 0 Å². The molecular weight excluding hydrogens is 482 g/mol. The summed E-state index contributed by atoms with van der Waals surface area (Å²) in [6.45, 7) is 0. The van der Waals surface area contributed by atoms with Crippen molar-refractivity contribution in [1.82, 2.24) is 4.90 Å². The monoisotopic (exact) mass is 511 g/mol. The van der Waals surface area contributed by atoms with Crippen LogP contribution in [0.15, 0.2) is 33.6 Å². The van der Waals surface area contributed by atoms with E-state index in [1.165, 1.54) is 43.9 Å². The minimum Gasteiger partial charge on any atom is -0.493 e. The third-order valence-electron chi connectivity index (χ3n) is 8.15. The highest BCUT2D eigenvalue weighted by Gasteiger charge is 2.53. The van der Waals surface area contributed by atoms with E-state index in [4.69, 9.17) is 30.8 Å². The smallest absolute Gasteiger partial charge is 0.266 e. The number of ether oxygens (including phenoxy) is 3. The molecular formula is C27H29NO5S2. The summed E-state index contributed by atoms with van der Waals surface area (Å²) in [6.07, 6.45) is 8.23. The number of hydrogen-bond donors (Lipinski definition) is 0. The van der Waals surface area contributed by atoms with Gasteiger partial charge in [0, 0.05) is 17.7 Å². The van der Waals surface area contributed by atoms with E-state index in [0.717, 1.165) is 17.4 Å². The zero-order chi connectivity index (χ0) is 24.3. The molecule has 2 heterocycles. The first-order valence-corrected chi connectivity index (χ1v) is 13.4. The van der Waals surface area contributed by atoms with Gasteiger partial charge in [0.15, 0.2) is 11.5 Å². The molecule has 184 valence electrons. The van der Waals surface area contributed by atoms with Crippen LogP contribution < -0.4 is 14.2 Å². The molecule has 0 N–H and O–H groups in total. The number of amides is 1. The van der Waals surface area contributed by atoms with Gasteiger partial charge in [-0.3, -0.25) is 9.69 Å². The second-order valence-electron chi connectivity index (χ2n) is 10.1. The molecule has 5 fully saturated rings. The average molecular weight is 512 g/mol. The molecule has 1 aliphatic heterocycles. The number of furan rings is 1. The summed E-state index contributed by atoms with van der Waals surface area (Å²) >= 11 is 7.12. The van der Waals surface area contributed by atoms with Gasteiger partial charge in [-0.1, -0.05) is 24.0 Å². The van der Waals surface area contributed by atoms with Crippen molar-refractivity contribution >= 4 is 40.3 Å². The fourth-order valence-corrected chi connectivity index (χ4v) is 8.32. The highest BCUT2D eigenvalue weighted by molar-refractivity contribution is 8.26. The topological polar surface area (TPSA) is 61.1 Å². The van der Waals surface area contributed by atoms with Gasteiger partial charge in [-0.25, -0.2) is 0 Å². The minimum absolute atomic E-state index is 0.0307. The van der Waals surface area contributed by atoms with Gasteiger partial charge in [-0.05, 0) is 80.0 Å². The normalized spacial score (nSPS) is 30.4. The first kappa shape index (κ1) is 23.0. The summed E-state index contributed by atoms with van der Waals surface area (Å²) in [4.78, 5) is 16.1. The van der Waals surface area contributed by atoms with Crippen LogP contribution >= 0.6 is 24.0 Å². The van der Waals surface area contributed by atoms with Crippen LogP contribution in [0.1, 0.15) is 37.9 Å². The van der Waals surface area contributed by atoms with Crippen molar-refractivity contribution in [2.24, 2.45) is 23.7 Å². The maximum Gasteiger partial charge on any atom is 0.266 e. The number of thioether (sulfide) groups is 1. The molecule has 6 nitrogen and oxygen atoms in total. The molecule has 4 aliphatic carbocycles. The highest BCUT2D eigenvalue weighted by atomic mass is 32.2. The lowest BCUT2D eigenvalue weighted by molar-refractivity contribution is -0.130. The third-order valence-corrected chi connectivity index (χ3v) is 9.48. The Labute approximate surface area is 215 Å². The number of methoxy groups -OCH3 is 3. The predicted octanol–water partition coefficient (Wildman–Crippen LogP) is 6.00. The van der Waals surface area contributed by atoms with Crippen molar-refractivity contribution in [3.63, 3.8) is 0 Å². The Hall–Kier alpha value is -2.45. The first-order chi connectivity index (χ1) is 17.0. The van der Waals surface area contributed by atoms with Gasteiger partial charge in [-0.15, -0.1) is 0 Å². The number of thiocarbonyl (C=S) groups is 1. The van der Waals surface area contributed by atoms with E-state index >= 15 is 0 Å². The van der Waals surface area contributed by atoms with E-state index in [0.29, 0.717) is 49.8 Å². The summed E-state index contributed by atoms with van der Waals surface area (Å²) in [6, 6.07) is 7.71. The van der Waals surface area contributed by atoms with Crippen molar-refractivity contribution in [2.75, 3.05) is 21.3 Å². The summed E-state index contributed by atoms with van der Waals surface area (Å²) in [5.74, 6) is 5.84. The Balaban J connectivity index is 1.25. The molecule has 2 aromatic rings. The second kappa shape index (κ2) is 8.89. The average Bonchev–Trinajstić information content (AvgIpc) is 3.42. The van der Waals surface area contributed by atoms with Crippen LogP contribution in [-0.4, -0.2) is 42.5 Å². The van der Waals surface area contributed by atoms with Crippen LogP contribution in [0.2, 0.25) is 0 Å². The van der Waals surface area contributed by atoms with E-state index < -0.39 is 0 Å². The van der Waals surface area contributed by atoms with Crippen molar-refractivity contribution in [3.8, 4) is 28.6 Å². The summed E-state index contributed by atoms with van der Waals surface area (Å²) in [7, 11) is 4.74. The van der Waals surface area contributed by atoms with Crippen LogP contribution in [0.5, 0.6) is 17.2 Å². The van der Waals surface area contributed by atoms with Gasteiger partial charge in [0.1, 0.15) is 15.8 Å². The van der Waals surface area contributed by atoms with E-state index in [2.05, 4.69) is 0 Å². The molecule has 1 aromatic heterocycles. The minimum atomic E-state index is 0.0307. The van der Waals surface area contributed by atoms with Gasteiger partial charge < -0.3 is 18.6 Å². The zero-order valence-corrected chi connectivity index (χ0v) is 21.7. The van der Waals surface area contributed by atoms with Gasteiger partial charge >= 0.3 is 0 Å². The molecule has 0 atom stereocenters. The van der Waals surface area contributed by atoms with E-state index in [1.54, 1.807) is 21.3 Å². The third kappa shape index (κ3) is 3.85. The summed E-state index contributed by atoms with van der Waals surface area (Å²) in [5.41, 5.74) is 0.792. The standard InChI is InChI=1S/C27H29NO5S2/c1-30-21-11-16(12-22(31-2)25(21)32-3)20-5-4-19(33-20)13-23-26(29)28(27(34)35-23)24-17-7-14-6-15(9-17)10-18(24)8-14/h4-5,11-15,17-18,24H,6-10H2,1-3H3/b23-13-. The highest BCUT2D eigenvalue weighted by Crippen LogP contribution is 2.56.